The van der Waals surface area contributed by atoms with Crippen molar-refractivity contribution in [2.45, 2.75) is 57.5 Å². The number of hydrogen-bond acceptors (Lipinski definition) is 5. The zero-order chi connectivity index (χ0) is 20.0. The molecule has 1 aromatic carbocycles. The van der Waals surface area contributed by atoms with E-state index in [1.807, 2.05) is 29.9 Å². The molecule has 0 unspecified atom stereocenters. The van der Waals surface area contributed by atoms with E-state index in [4.69, 9.17) is 0 Å². The lowest BCUT2D eigenvalue weighted by Crippen LogP contribution is -2.32. The van der Waals surface area contributed by atoms with Crippen molar-refractivity contribution in [3.63, 3.8) is 0 Å². The maximum absolute atomic E-state index is 13.3. The molecule has 2 heterocycles. The normalized spacial score (nSPS) is 18.7. The fourth-order valence-corrected chi connectivity index (χ4v) is 4.18. The van der Waals surface area contributed by atoms with Crippen molar-refractivity contribution in [1.29, 1.82) is 0 Å². The molecule has 0 amide bonds. The molecule has 0 atom stereocenters. The van der Waals surface area contributed by atoms with Gasteiger partial charge in [0.25, 0.3) is 0 Å². The SMILES string of the molecule is CCn1nnc2ccc(C3=CCc4nc(NC5CCC(F)(F)CC5)ncc43)cc21. The number of aryl methyl sites for hydroxylation is 1. The average molecular weight is 396 g/mol. The van der Waals surface area contributed by atoms with E-state index in [2.05, 4.69) is 37.7 Å². The van der Waals surface area contributed by atoms with Crippen LogP contribution in [0.5, 0.6) is 0 Å². The first-order valence-corrected chi connectivity index (χ1v) is 10.1. The minimum atomic E-state index is -2.53. The summed E-state index contributed by atoms with van der Waals surface area (Å²) in [5.74, 6) is -2.00. The molecule has 1 N–H and O–H groups in total. The minimum Gasteiger partial charge on any atom is -0.351 e. The van der Waals surface area contributed by atoms with Gasteiger partial charge in [-0.25, -0.2) is 23.4 Å². The Morgan fingerprint density at radius 1 is 1.24 bits per heavy atom. The van der Waals surface area contributed by atoms with Crippen LogP contribution in [-0.4, -0.2) is 36.9 Å². The van der Waals surface area contributed by atoms with Gasteiger partial charge in [-0.1, -0.05) is 17.4 Å². The predicted molar refractivity (Wildman–Crippen MR) is 107 cm³/mol. The Kier molecular flexibility index (Phi) is 4.29. The van der Waals surface area contributed by atoms with Gasteiger partial charge in [0, 0.05) is 43.6 Å². The second-order valence-electron chi connectivity index (χ2n) is 7.76. The summed E-state index contributed by atoms with van der Waals surface area (Å²) in [6, 6.07) is 6.14. The van der Waals surface area contributed by atoms with E-state index in [1.54, 1.807) is 0 Å². The molecule has 0 saturated heterocycles. The quantitative estimate of drug-likeness (QED) is 0.715. The van der Waals surface area contributed by atoms with Gasteiger partial charge in [0.15, 0.2) is 0 Å². The summed E-state index contributed by atoms with van der Waals surface area (Å²) in [7, 11) is 0. The molecule has 0 spiro atoms. The Morgan fingerprint density at radius 3 is 2.86 bits per heavy atom. The number of alkyl halides is 2. The number of benzene rings is 1. The highest BCUT2D eigenvalue weighted by Crippen LogP contribution is 2.35. The molecule has 8 heteroatoms. The van der Waals surface area contributed by atoms with Crippen LogP contribution in [0.3, 0.4) is 0 Å². The van der Waals surface area contributed by atoms with Crippen LogP contribution in [0.25, 0.3) is 16.6 Å². The van der Waals surface area contributed by atoms with Gasteiger partial charge in [0.2, 0.25) is 11.9 Å². The molecule has 2 aromatic heterocycles. The first kappa shape index (κ1) is 18.1. The molecule has 0 bridgehead atoms. The number of rotatable bonds is 4. The Labute approximate surface area is 167 Å². The molecular weight excluding hydrogens is 374 g/mol. The van der Waals surface area contributed by atoms with Crippen molar-refractivity contribution in [1.82, 2.24) is 25.0 Å². The molecule has 0 radical (unpaired) electrons. The number of nitrogens with one attached hydrogen (secondary N) is 1. The second kappa shape index (κ2) is 6.86. The van der Waals surface area contributed by atoms with Crippen LogP contribution in [0.15, 0.2) is 30.5 Å². The summed E-state index contributed by atoms with van der Waals surface area (Å²) in [5, 5.41) is 11.6. The van der Waals surface area contributed by atoms with Crippen molar-refractivity contribution in [2.24, 2.45) is 0 Å². The number of allylic oxidation sites excluding steroid dienone is 1. The van der Waals surface area contributed by atoms with Gasteiger partial charge in [0.05, 0.1) is 11.2 Å². The first-order chi connectivity index (χ1) is 14.0. The third-order valence-corrected chi connectivity index (χ3v) is 5.83. The van der Waals surface area contributed by atoms with Crippen LogP contribution >= 0.6 is 0 Å². The van der Waals surface area contributed by atoms with Crippen LogP contribution in [-0.2, 0) is 13.0 Å². The van der Waals surface area contributed by atoms with E-state index in [0.29, 0.717) is 18.8 Å². The maximum Gasteiger partial charge on any atom is 0.248 e. The van der Waals surface area contributed by atoms with Crippen LogP contribution in [0.2, 0.25) is 0 Å². The molecule has 2 aliphatic carbocycles. The smallest absolute Gasteiger partial charge is 0.248 e. The van der Waals surface area contributed by atoms with E-state index in [0.717, 1.165) is 46.4 Å². The van der Waals surface area contributed by atoms with E-state index in [9.17, 15) is 8.78 Å². The second-order valence-corrected chi connectivity index (χ2v) is 7.76. The molecule has 1 saturated carbocycles. The standard InChI is InChI=1S/C21H22F2N6/c1-2-29-19-11-13(3-5-18(19)27-28-29)15-4-6-17-16(15)12-24-20(26-17)25-14-7-9-21(22,23)10-8-14/h3-5,11-12,14H,2,6-10H2,1H3,(H,24,25,26). The third-order valence-electron chi connectivity index (χ3n) is 5.83. The summed E-state index contributed by atoms with van der Waals surface area (Å²) in [4.78, 5) is 9.12. The number of halogens is 2. The fourth-order valence-electron chi connectivity index (χ4n) is 4.18. The van der Waals surface area contributed by atoms with E-state index < -0.39 is 5.92 Å². The topological polar surface area (TPSA) is 68.5 Å². The number of aromatic nitrogens is 5. The number of hydrogen-bond donors (Lipinski definition) is 1. The highest BCUT2D eigenvalue weighted by atomic mass is 19.3. The molecule has 5 rings (SSSR count). The van der Waals surface area contributed by atoms with Gasteiger partial charge in [-0.15, -0.1) is 5.10 Å². The fraction of sp³-hybridized carbons (Fsp3) is 0.429. The first-order valence-electron chi connectivity index (χ1n) is 10.1. The lowest BCUT2D eigenvalue weighted by atomic mass is 9.92. The van der Waals surface area contributed by atoms with E-state index >= 15 is 0 Å². The molecule has 2 aliphatic rings. The number of anilines is 1. The summed E-state index contributed by atoms with van der Waals surface area (Å²) >= 11 is 0. The summed E-state index contributed by atoms with van der Waals surface area (Å²) < 4.78 is 28.6. The summed E-state index contributed by atoms with van der Waals surface area (Å²) in [5.41, 5.74) is 6.05. The van der Waals surface area contributed by atoms with Gasteiger partial charge in [0.1, 0.15) is 5.52 Å². The van der Waals surface area contributed by atoms with Crippen LogP contribution in [0, 0.1) is 0 Å². The molecule has 29 heavy (non-hydrogen) atoms. The van der Waals surface area contributed by atoms with Crippen LogP contribution < -0.4 is 5.32 Å². The van der Waals surface area contributed by atoms with Crippen molar-refractivity contribution in [3.8, 4) is 0 Å². The van der Waals surface area contributed by atoms with Crippen molar-refractivity contribution in [2.75, 3.05) is 5.32 Å². The van der Waals surface area contributed by atoms with E-state index in [-0.39, 0.29) is 18.9 Å². The lowest BCUT2D eigenvalue weighted by Gasteiger charge is -2.28. The average Bonchev–Trinajstić information content (AvgIpc) is 3.32. The van der Waals surface area contributed by atoms with Gasteiger partial charge < -0.3 is 5.32 Å². The lowest BCUT2D eigenvalue weighted by molar-refractivity contribution is -0.0361. The largest absolute Gasteiger partial charge is 0.351 e. The Morgan fingerprint density at radius 2 is 2.07 bits per heavy atom. The highest BCUT2D eigenvalue weighted by Gasteiger charge is 2.35. The molecule has 150 valence electrons. The summed E-state index contributed by atoms with van der Waals surface area (Å²) in [6.45, 7) is 2.81. The van der Waals surface area contributed by atoms with Crippen molar-refractivity contribution in [3.05, 3.63) is 47.3 Å². The third kappa shape index (κ3) is 3.36. The molecule has 3 aromatic rings. The minimum absolute atomic E-state index is 0.00532. The molecular formula is C21H22F2N6. The molecule has 0 aliphatic heterocycles. The van der Waals surface area contributed by atoms with Gasteiger partial charge in [-0.05, 0) is 43.0 Å². The van der Waals surface area contributed by atoms with Crippen LogP contribution in [0.1, 0.15) is 49.4 Å². The highest BCUT2D eigenvalue weighted by molar-refractivity contribution is 5.88. The van der Waals surface area contributed by atoms with Crippen LogP contribution in [0.4, 0.5) is 14.7 Å². The number of fused-ring (bicyclic) bond motifs is 2. The monoisotopic (exact) mass is 396 g/mol. The Balaban J connectivity index is 1.37. The summed E-state index contributed by atoms with van der Waals surface area (Å²) in [6.07, 6.45) is 5.45. The predicted octanol–water partition coefficient (Wildman–Crippen LogP) is 4.22. The Bertz CT molecular complexity index is 1090. The number of nitrogens with zero attached hydrogens (tertiary/aromatic N) is 5. The molecule has 6 nitrogen and oxygen atoms in total. The van der Waals surface area contributed by atoms with Gasteiger partial charge in [-0.3, -0.25) is 0 Å². The maximum atomic E-state index is 13.3. The van der Waals surface area contributed by atoms with Gasteiger partial charge in [-0.2, -0.15) is 0 Å². The Hall–Kier alpha value is -2.90. The van der Waals surface area contributed by atoms with Gasteiger partial charge >= 0.3 is 0 Å². The van der Waals surface area contributed by atoms with Crippen molar-refractivity contribution >= 4 is 22.6 Å². The van der Waals surface area contributed by atoms with E-state index in [1.165, 1.54) is 0 Å². The molecule has 1 fully saturated rings. The van der Waals surface area contributed by atoms with Crippen molar-refractivity contribution < 1.29 is 8.78 Å². The zero-order valence-corrected chi connectivity index (χ0v) is 16.2. The zero-order valence-electron chi connectivity index (χ0n) is 16.2.